The molecule has 0 spiro atoms. The Bertz CT molecular complexity index is 846. The van der Waals surface area contributed by atoms with Crippen molar-refractivity contribution in [1.29, 1.82) is 5.26 Å². The molecule has 6 heteroatoms. The van der Waals surface area contributed by atoms with E-state index in [0.29, 0.717) is 41.2 Å². The van der Waals surface area contributed by atoms with Gasteiger partial charge < -0.3 is 19.9 Å². The Morgan fingerprint density at radius 2 is 2.04 bits per heavy atom. The second-order valence-corrected chi connectivity index (χ2v) is 6.05. The summed E-state index contributed by atoms with van der Waals surface area (Å²) in [5, 5.41) is 9.64. The van der Waals surface area contributed by atoms with Crippen LogP contribution in [0.5, 0.6) is 11.5 Å². The van der Waals surface area contributed by atoms with Crippen molar-refractivity contribution in [3.05, 3.63) is 46.0 Å². The monoisotopic (exact) mass is 340 g/mol. The van der Waals surface area contributed by atoms with Crippen molar-refractivity contribution in [2.45, 2.75) is 32.1 Å². The van der Waals surface area contributed by atoms with E-state index in [2.05, 4.69) is 6.07 Å². The predicted octanol–water partition coefficient (Wildman–Crippen LogP) is 2.83. The van der Waals surface area contributed by atoms with Gasteiger partial charge in [0.25, 0.3) is 0 Å². The van der Waals surface area contributed by atoms with Crippen molar-refractivity contribution in [2.75, 3.05) is 14.2 Å². The lowest BCUT2D eigenvalue weighted by Crippen LogP contribution is -2.27. The molecule has 0 bridgehead atoms. The summed E-state index contributed by atoms with van der Waals surface area (Å²) in [6.45, 7) is 1.87. The van der Waals surface area contributed by atoms with E-state index in [4.69, 9.17) is 19.9 Å². The number of hydrogen-bond donors (Lipinski definition) is 1. The number of benzene rings is 1. The van der Waals surface area contributed by atoms with Crippen LogP contribution in [0.25, 0.3) is 0 Å². The highest BCUT2D eigenvalue weighted by Gasteiger charge is 2.39. The Morgan fingerprint density at radius 3 is 2.68 bits per heavy atom. The van der Waals surface area contributed by atoms with Crippen LogP contribution in [0.4, 0.5) is 0 Å². The van der Waals surface area contributed by atoms with Gasteiger partial charge in [-0.15, -0.1) is 0 Å². The third-order valence-corrected chi connectivity index (χ3v) is 4.73. The lowest BCUT2D eigenvalue weighted by Gasteiger charge is -2.32. The van der Waals surface area contributed by atoms with E-state index in [1.807, 2.05) is 13.0 Å². The van der Waals surface area contributed by atoms with Crippen LogP contribution in [0.2, 0.25) is 0 Å². The maximum absolute atomic E-state index is 12.6. The average Bonchev–Trinajstić information content (AvgIpc) is 2.60. The minimum atomic E-state index is -0.582. The van der Waals surface area contributed by atoms with Crippen LogP contribution in [0.15, 0.2) is 34.9 Å². The Morgan fingerprint density at radius 1 is 1.28 bits per heavy atom. The third kappa shape index (κ3) is 2.62. The fraction of sp³-hybridized carbons (Fsp3) is 0.368. The molecule has 0 saturated heterocycles. The standard InChI is InChI=1S/C19H20N2O4/c1-10-14(23-2)8-7-11(18(10)24-3)16-12(9-20)19(21)25-15-6-4-5-13(22)17(15)16/h7-8,16H,4-6,21H2,1-3H3/t16-/m0/s1. The van der Waals surface area contributed by atoms with Gasteiger partial charge in [-0.25, -0.2) is 0 Å². The Hall–Kier alpha value is -2.94. The summed E-state index contributed by atoms with van der Waals surface area (Å²) in [6, 6.07) is 5.74. The van der Waals surface area contributed by atoms with Gasteiger partial charge in [-0.3, -0.25) is 4.79 Å². The summed E-state index contributed by atoms with van der Waals surface area (Å²) in [5.41, 5.74) is 8.24. The van der Waals surface area contributed by atoms with Crippen molar-refractivity contribution in [2.24, 2.45) is 5.73 Å². The number of methoxy groups -OCH3 is 2. The summed E-state index contributed by atoms with van der Waals surface area (Å²) < 4.78 is 16.5. The van der Waals surface area contributed by atoms with E-state index >= 15 is 0 Å². The van der Waals surface area contributed by atoms with Gasteiger partial charge in [0.2, 0.25) is 5.88 Å². The lowest BCUT2D eigenvalue weighted by atomic mass is 9.77. The molecule has 2 aliphatic rings. The minimum absolute atomic E-state index is 0.0120. The third-order valence-electron chi connectivity index (χ3n) is 4.73. The van der Waals surface area contributed by atoms with Crippen molar-refractivity contribution in [1.82, 2.24) is 0 Å². The second kappa shape index (κ2) is 6.52. The molecule has 0 amide bonds. The fourth-order valence-electron chi connectivity index (χ4n) is 3.58. The lowest BCUT2D eigenvalue weighted by molar-refractivity contribution is -0.116. The van der Waals surface area contributed by atoms with E-state index < -0.39 is 5.92 Å². The molecule has 1 aliphatic carbocycles. The van der Waals surface area contributed by atoms with Gasteiger partial charge >= 0.3 is 0 Å². The first-order valence-electron chi connectivity index (χ1n) is 8.08. The number of allylic oxidation sites excluding steroid dienone is 3. The maximum atomic E-state index is 12.6. The van der Waals surface area contributed by atoms with Crippen molar-refractivity contribution in [3.8, 4) is 17.6 Å². The van der Waals surface area contributed by atoms with Gasteiger partial charge in [0.05, 0.1) is 20.1 Å². The normalized spacial score (nSPS) is 19.9. The SMILES string of the molecule is COc1ccc([C@H]2C(C#N)=C(N)OC3=C2C(=O)CCC3)c(OC)c1C. The van der Waals surface area contributed by atoms with Gasteiger partial charge in [0, 0.05) is 29.5 Å². The average molecular weight is 340 g/mol. The minimum Gasteiger partial charge on any atom is -0.496 e. The number of nitrogens with zero attached hydrogens (tertiary/aromatic N) is 1. The van der Waals surface area contributed by atoms with Crippen LogP contribution in [-0.2, 0) is 9.53 Å². The largest absolute Gasteiger partial charge is 0.496 e. The summed E-state index contributed by atoms with van der Waals surface area (Å²) in [7, 11) is 3.14. The molecule has 1 aromatic carbocycles. The van der Waals surface area contributed by atoms with Gasteiger partial charge in [0.1, 0.15) is 28.9 Å². The van der Waals surface area contributed by atoms with Crippen LogP contribution in [0, 0.1) is 18.3 Å². The number of carbonyl (C=O) groups excluding carboxylic acids is 1. The number of ketones is 1. The number of hydrogen-bond acceptors (Lipinski definition) is 6. The zero-order chi connectivity index (χ0) is 18.1. The highest BCUT2D eigenvalue weighted by atomic mass is 16.5. The van der Waals surface area contributed by atoms with Crippen molar-refractivity contribution in [3.63, 3.8) is 0 Å². The zero-order valence-corrected chi connectivity index (χ0v) is 14.5. The van der Waals surface area contributed by atoms with Crippen LogP contribution in [0.3, 0.4) is 0 Å². The molecule has 1 aromatic rings. The van der Waals surface area contributed by atoms with Crippen molar-refractivity contribution >= 4 is 5.78 Å². The van der Waals surface area contributed by atoms with E-state index in [9.17, 15) is 10.1 Å². The van der Waals surface area contributed by atoms with E-state index in [1.54, 1.807) is 20.3 Å². The number of Topliss-reactive ketones (excluding diaryl/α,β-unsaturated/α-hetero) is 1. The molecule has 6 nitrogen and oxygen atoms in total. The van der Waals surface area contributed by atoms with Crippen LogP contribution in [0.1, 0.15) is 36.3 Å². The first-order chi connectivity index (χ1) is 12.0. The smallest absolute Gasteiger partial charge is 0.205 e. The predicted molar refractivity (Wildman–Crippen MR) is 90.8 cm³/mol. The number of nitrogens with two attached hydrogens (primary N) is 1. The molecule has 0 fully saturated rings. The topological polar surface area (TPSA) is 94.6 Å². The highest BCUT2D eigenvalue weighted by molar-refractivity contribution is 5.99. The molecule has 0 aromatic heterocycles. The van der Waals surface area contributed by atoms with Crippen LogP contribution < -0.4 is 15.2 Å². The molecule has 0 saturated carbocycles. The number of rotatable bonds is 3. The van der Waals surface area contributed by atoms with E-state index in [0.717, 1.165) is 12.0 Å². The first kappa shape index (κ1) is 16.9. The molecule has 1 aliphatic heterocycles. The molecular weight excluding hydrogens is 320 g/mol. The number of nitriles is 1. The molecule has 0 radical (unpaired) electrons. The first-order valence-corrected chi connectivity index (χ1v) is 8.08. The van der Waals surface area contributed by atoms with Gasteiger partial charge in [-0.05, 0) is 19.4 Å². The fourth-order valence-corrected chi connectivity index (χ4v) is 3.58. The highest BCUT2D eigenvalue weighted by Crippen LogP contribution is 2.47. The van der Waals surface area contributed by atoms with Gasteiger partial charge in [-0.2, -0.15) is 5.26 Å². The molecule has 1 atom stereocenters. The molecule has 0 unspecified atom stereocenters. The zero-order valence-electron chi connectivity index (χ0n) is 14.5. The molecule has 2 N–H and O–H groups in total. The van der Waals surface area contributed by atoms with E-state index in [-0.39, 0.29) is 17.2 Å². The van der Waals surface area contributed by atoms with Crippen LogP contribution >= 0.6 is 0 Å². The Balaban J connectivity index is 2.27. The van der Waals surface area contributed by atoms with Gasteiger partial charge in [0.15, 0.2) is 5.78 Å². The summed E-state index contributed by atoms with van der Waals surface area (Å²) in [5.74, 6) is 1.28. The molecule has 1 heterocycles. The molecule has 3 rings (SSSR count). The quantitative estimate of drug-likeness (QED) is 0.909. The second-order valence-electron chi connectivity index (χ2n) is 6.05. The summed E-state index contributed by atoms with van der Waals surface area (Å²) in [6.07, 6.45) is 1.79. The van der Waals surface area contributed by atoms with E-state index in [1.165, 1.54) is 0 Å². The number of ether oxygens (including phenoxy) is 3. The Kier molecular flexibility index (Phi) is 4.41. The number of carbonyl (C=O) groups is 1. The van der Waals surface area contributed by atoms with Gasteiger partial charge in [-0.1, -0.05) is 6.07 Å². The van der Waals surface area contributed by atoms with Crippen molar-refractivity contribution < 1.29 is 19.0 Å². The Labute approximate surface area is 146 Å². The molecule has 130 valence electrons. The van der Waals surface area contributed by atoms with Crippen LogP contribution in [-0.4, -0.2) is 20.0 Å². The summed E-state index contributed by atoms with van der Waals surface area (Å²) >= 11 is 0. The maximum Gasteiger partial charge on any atom is 0.205 e. The summed E-state index contributed by atoms with van der Waals surface area (Å²) in [4.78, 5) is 12.6. The molecule has 25 heavy (non-hydrogen) atoms. The molecular formula is C19H20N2O4.